The van der Waals surface area contributed by atoms with Crippen molar-refractivity contribution in [1.29, 1.82) is 0 Å². The molecule has 0 saturated heterocycles. The van der Waals surface area contributed by atoms with Gasteiger partial charge in [-0.25, -0.2) is 9.59 Å². The Kier molecular flexibility index (Phi) is 5.80. The number of aliphatic carboxylic acids is 1. The number of carboxylic acids is 1. The molecule has 0 spiro atoms. The van der Waals surface area contributed by atoms with Crippen molar-refractivity contribution in [2.75, 3.05) is 19.8 Å². The molecule has 1 rings (SSSR count). The molecular weight excluding hydrogens is 252 g/mol. The summed E-state index contributed by atoms with van der Waals surface area (Å²) >= 11 is 0. The van der Waals surface area contributed by atoms with E-state index in [1.807, 2.05) is 6.92 Å². The lowest BCUT2D eigenvalue weighted by atomic mass is 10.1. The van der Waals surface area contributed by atoms with Crippen molar-refractivity contribution < 1.29 is 19.4 Å². The Labute approximate surface area is 110 Å². The Bertz CT molecular complexity index is 432. The molecule has 1 heterocycles. The van der Waals surface area contributed by atoms with Gasteiger partial charge in [-0.15, -0.1) is 0 Å². The van der Waals surface area contributed by atoms with Gasteiger partial charge in [-0.3, -0.25) is 4.68 Å². The van der Waals surface area contributed by atoms with Gasteiger partial charge >= 0.3 is 12.0 Å². The average molecular weight is 270 g/mol. The van der Waals surface area contributed by atoms with E-state index < -0.39 is 18.0 Å². The maximum absolute atomic E-state index is 11.5. The van der Waals surface area contributed by atoms with Gasteiger partial charge in [-0.2, -0.15) is 5.10 Å². The third-order valence-electron chi connectivity index (χ3n) is 2.32. The number of rotatable bonds is 7. The fourth-order valence-electron chi connectivity index (χ4n) is 1.44. The number of hydrogen-bond donors (Lipinski definition) is 3. The molecule has 0 bridgehead atoms. The Morgan fingerprint density at radius 2 is 2.32 bits per heavy atom. The highest BCUT2D eigenvalue weighted by Gasteiger charge is 2.23. The summed E-state index contributed by atoms with van der Waals surface area (Å²) in [5.41, 5.74) is 0.412. The first kappa shape index (κ1) is 15.0. The highest BCUT2D eigenvalue weighted by atomic mass is 16.5. The number of aromatic nitrogens is 2. The van der Waals surface area contributed by atoms with E-state index in [1.165, 1.54) is 10.9 Å². The number of carbonyl (C=O) groups excluding carboxylic acids is 1. The quantitative estimate of drug-likeness (QED) is 0.599. The fourth-order valence-corrected chi connectivity index (χ4v) is 1.44. The van der Waals surface area contributed by atoms with Crippen molar-refractivity contribution in [3.8, 4) is 0 Å². The number of carbonyl (C=O) groups is 2. The van der Waals surface area contributed by atoms with Gasteiger partial charge in [0.2, 0.25) is 0 Å². The molecule has 3 N–H and O–H groups in total. The van der Waals surface area contributed by atoms with Crippen molar-refractivity contribution in [3.63, 3.8) is 0 Å². The van der Waals surface area contributed by atoms with E-state index in [0.29, 0.717) is 25.3 Å². The highest BCUT2D eigenvalue weighted by molar-refractivity contribution is 5.83. The lowest BCUT2D eigenvalue weighted by Gasteiger charge is -2.13. The number of amides is 2. The van der Waals surface area contributed by atoms with Gasteiger partial charge in [0.05, 0.1) is 12.8 Å². The van der Waals surface area contributed by atoms with Crippen molar-refractivity contribution in [1.82, 2.24) is 20.4 Å². The molecule has 1 aromatic heterocycles. The van der Waals surface area contributed by atoms with Crippen LogP contribution in [-0.4, -0.2) is 46.6 Å². The molecule has 0 saturated carbocycles. The van der Waals surface area contributed by atoms with Crippen molar-refractivity contribution in [2.45, 2.75) is 13.0 Å². The third-order valence-corrected chi connectivity index (χ3v) is 2.32. The lowest BCUT2D eigenvalue weighted by molar-refractivity contribution is -0.139. The van der Waals surface area contributed by atoms with Gasteiger partial charge in [0, 0.05) is 32.0 Å². The van der Waals surface area contributed by atoms with Gasteiger partial charge in [0.1, 0.15) is 0 Å². The first-order chi connectivity index (χ1) is 9.04. The highest BCUT2D eigenvalue weighted by Crippen LogP contribution is 2.11. The van der Waals surface area contributed by atoms with E-state index >= 15 is 0 Å². The van der Waals surface area contributed by atoms with Gasteiger partial charge in [-0.05, 0) is 6.92 Å². The van der Waals surface area contributed by atoms with Crippen LogP contribution in [0, 0.1) is 0 Å². The molecule has 0 aliphatic carbocycles. The molecule has 8 heteroatoms. The molecule has 106 valence electrons. The zero-order valence-electron chi connectivity index (χ0n) is 10.9. The Morgan fingerprint density at radius 3 is 2.84 bits per heavy atom. The minimum absolute atomic E-state index is 0.319. The molecule has 1 atom stereocenters. The second-order valence-corrected chi connectivity index (χ2v) is 3.82. The van der Waals surface area contributed by atoms with Gasteiger partial charge in [0.25, 0.3) is 0 Å². The van der Waals surface area contributed by atoms with Gasteiger partial charge in [-0.1, -0.05) is 0 Å². The van der Waals surface area contributed by atoms with Crippen LogP contribution in [0.25, 0.3) is 0 Å². The summed E-state index contributed by atoms with van der Waals surface area (Å²) in [4.78, 5) is 22.6. The molecule has 1 aromatic rings. The van der Waals surface area contributed by atoms with Crippen LogP contribution in [0.5, 0.6) is 0 Å². The minimum Gasteiger partial charge on any atom is -0.479 e. The number of nitrogens with one attached hydrogen (secondary N) is 2. The molecule has 0 radical (unpaired) electrons. The van der Waals surface area contributed by atoms with E-state index in [-0.39, 0.29) is 0 Å². The van der Waals surface area contributed by atoms with Crippen LogP contribution in [0.2, 0.25) is 0 Å². The lowest BCUT2D eigenvalue weighted by Crippen LogP contribution is -2.41. The van der Waals surface area contributed by atoms with Crippen molar-refractivity contribution in [3.05, 3.63) is 18.0 Å². The third kappa shape index (κ3) is 4.96. The molecular formula is C11H18N4O4. The summed E-state index contributed by atoms with van der Waals surface area (Å²) in [6.07, 6.45) is 2.94. The topological polar surface area (TPSA) is 105 Å². The van der Waals surface area contributed by atoms with Crippen molar-refractivity contribution >= 4 is 12.0 Å². The Balaban J connectivity index is 2.50. The number of nitrogens with zero attached hydrogens (tertiary/aromatic N) is 2. The van der Waals surface area contributed by atoms with Gasteiger partial charge in [0.15, 0.2) is 6.04 Å². The standard InChI is InChI=1S/C11H18N4O4/c1-3-19-5-4-12-11(18)14-9(10(16)17)8-6-13-15(2)7-8/h6-7,9H,3-5H2,1-2H3,(H,16,17)(H2,12,14,18). The van der Waals surface area contributed by atoms with E-state index in [1.54, 1.807) is 13.2 Å². The van der Waals surface area contributed by atoms with E-state index in [2.05, 4.69) is 15.7 Å². The first-order valence-electron chi connectivity index (χ1n) is 5.88. The number of aryl methyl sites for hydroxylation is 1. The number of carboxylic acid groups (broad SMARTS) is 1. The molecule has 19 heavy (non-hydrogen) atoms. The van der Waals surface area contributed by atoms with E-state index in [9.17, 15) is 9.59 Å². The molecule has 0 fully saturated rings. The normalized spacial score (nSPS) is 11.9. The van der Waals surface area contributed by atoms with Crippen LogP contribution in [-0.2, 0) is 16.6 Å². The zero-order valence-corrected chi connectivity index (χ0v) is 10.9. The Hall–Kier alpha value is -2.09. The average Bonchev–Trinajstić information content (AvgIpc) is 2.78. The predicted octanol–water partition coefficient (Wildman–Crippen LogP) is -0.118. The summed E-state index contributed by atoms with van der Waals surface area (Å²) in [7, 11) is 1.67. The van der Waals surface area contributed by atoms with Gasteiger partial charge < -0.3 is 20.5 Å². The van der Waals surface area contributed by atoms with Crippen LogP contribution in [0.1, 0.15) is 18.5 Å². The summed E-state index contributed by atoms with van der Waals surface area (Å²) in [6, 6.07) is -1.68. The summed E-state index contributed by atoms with van der Waals surface area (Å²) in [5, 5.41) is 17.8. The smallest absolute Gasteiger partial charge is 0.331 e. The van der Waals surface area contributed by atoms with Crippen LogP contribution in [0.4, 0.5) is 4.79 Å². The second kappa shape index (κ2) is 7.37. The van der Waals surface area contributed by atoms with Crippen LogP contribution in [0.3, 0.4) is 0 Å². The zero-order chi connectivity index (χ0) is 14.3. The largest absolute Gasteiger partial charge is 0.479 e. The SMILES string of the molecule is CCOCCNC(=O)NC(C(=O)O)c1cnn(C)c1. The summed E-state index contributed by atoms with van der Waals surface area (Å²) in [6.45, 7) is 3.12. The molecule has 2 amide bonds. The fraction of sp³-hybridized carbons (Fsp3) is 0.545. The maximum Gasteiger partial charge on any atom is 0.331 e. The molecule has 0 aliphatic heterocycles. The summed E-state index contributed by atoms with van der Waals surface area (Å²) in [5.74, 6) is -1.15. The number of hydrogen-bond acceptors (Lipinski definition) is 4. The molecule has 0 aromatic carbocycles. The van der Waals surface area contributed by atoms with Crippen LogP contribution >= 0.6 is 0 Å². The van der Waals surface area contributed by atoms with E-state index in [0.717, 1.165) is 0 Å². The molecule has 1 unspecified atom stereocenters. The monoisotopic (exact) mass is 270 g/mol. The minimum atomic E-state index is -1.15. The van der Waals surface area contributed by atoms with Crippen LogP contribution < -0.4 is 10.6 Å². The second-order valence-electron chi connectivity index (χ2n) is 3.82. The summed E-state index contributed by atoms with van der Waals surface area (Å²) < 4.78 is 6.52. The molecule has 8 nitrogen and oxygen atoms in total. The predicted molar refractivity (Wildman–Crippen MR) is 66.6 cm³/mol. The number of ether oxygens (including phenoxy) is 1. The number of urea groups is 1. The Morgan fingerprint density at radius 1 is 1.58 bits per heavy atom. The van der Waals surface area contributed by atoms with E-state index in [4.69, 9.17) is 9.84 Å². The maximum atomic E-state index is 11.5. The molecule has 0 aliphatic rings. The van der Waals surface area contributed by atoms with Crippen LogP contribution in [0.15, 0.2) is 12.4 Å². The first-order valence-corrected chi connectivity index (χ1v) is 5.88. The van der Waals surface area contributed by atoms with Crippen molar-refractivity contribution in [2.24, 2.45) is 7.05 Å².